The molecule has 2 aromatic rings. The van der Waals surface area contributed by atoms with E-state index in [4.69, 9.17) is 11.6 Å². The summed E-state index contributed by atoms with van der Waals surface area (Å²) >= 11 is 5.89. The summed E-state index contributed by atoms with van der Waals surface area (Å²) in [4.78, 5) is 28.8. The van der Waals surface area contributed by atoms with E-state index in [1.165, 1.54) is 0 Å². The minimum Gasteiger partial charge on any atom is -0.306 e. The number of carbonyl (C=O) groups excluding carboxylic acids is 2. The van der Waals surface area contributed by atoms with Gasteiger partial charge in [0.1, 0.15) is 6.54 Å². The third-order valence-electron chi connectivity index (χ3n) is 4.48. The molecule has 2 aromatic carbocycles. The predicted octanol–water partition coefficient (Wildman–Crippen LogP) is 3.42. The number of benzene rings is 2. The molecule has 0 spiro atoms. The Kier molecular flexibility index (Phi) is 3.77. The number of hydrogen-bond donors (Lipinski definition) is 0. The zero-order valence-electron chi connectivity index (χ0n) is 13.1. The van der Waals surface area contributed by atoms with Gasteiger partial charge >= 0.3 is 0 Å². The lowest BCUT2D eigenvalue weighted by atomic mass is 10.1. The molecule has 0 unspecified atom stereocenters. The maximum absolute atomic E-state index is 12.8. The molecule has 0 radical (unpaired) electrons. The quantitative estimate of drug-likeness (QED) is 0.859. The molecule has 1 fully saturated rings. The van der Waals surface area contributed by atoms with Crippen molar-refractivity contribution in [2.75, 3.05) is 16.3 Å². The number of nitrogens with zero attached hydrogens (tertiary/aromatic N) is 2. The lowest BCUT2D eigenvalue weighted by molar-refractivity contribution is -0.122. The number of para-hydroxylation sites is 2. The maximum atomic E-state index is 12.8. The lowest BCUT2D eigenvalue weighted by Crippen LogP contribution is -2.49. The van der Waals surface area contributed by atoms with Crippen molar-refractivity contribution in [2.24, 2.45) is 0 Å². The SMILES string of the molecule is O=C(Cc1ccc(Cl)cc1)N1CC(=O)N(C2CC2)c2ccccc21. The molecular formula is C19H17ClN2O2. The molecule has 1 heterocycles. The van der Waals surface area contributed by atoms with E-state index in [1.54, 1.807) is 17.0 Å². The van der Waals surface area contributed by atoms with E-state index in [0.717, 1.165) is 29.8 Å². The Bertz CT molecular complexity index is 799. The van der Waals surface area contributed by atoms with Crippen molar-refractivity contribution in [1.82, 2.24) is 0 Å². The second-order valence-corrected chi connectivity index (χ2v) is 6.70. The molecule has 0 atom stereocenters. The summed E-state index contributed by atoms with van der Waals surface area (Å²) in [6, 6.07) is 15.2. The van der Waals surface area contributed by atoms with Crippen LogP contribution < -0.4 is 9.80 Å². The highest BCUT2D eigenvalue weighted by Gasteiger charge is 2.40. The van der Waals surface area contributed by atoms with E-state index < -0.39 is 0 Å². The number of fused-ring (bicyclic) bond motifs is 1. The number of carbonyl (C=O) groups is 2. The predicted molar refractivity (Wildman–Crippen MR) is 94.5 cm³/mol. The molecular weight excluding hydrogens is 324 g/mol. The fraction of sp³-hybridized carbons (Fsp3) is 0.263. The molecule has 1 aliphatic heterocycles. The van der Waals surface area contributed by atoms with Crippen molar-refractivity contribution in [3.63, 3.8) is 0 Å². The van der Waals surface area contributed by atoms with Crippen LogP contribution in [-0.4, -0.2) is 24.4 Å². The van der Waals surface area contributed by atoms with E-state index in [1.807, 2.05) is 41.3 Å². The van der Waals surface area contributed by atoms with Gasteiger partial charge in [-0.25, -0.2) is 0 Å². The van der Waals surface area contributed by atoms with Crippen molar-refractivity contribution in [1.29, 1.82) is 0 Å². The molecule has 2 aliphatic rings. The van der Waals surface area contributed by atoms with Gasteiger partial charge in [-0.1, -0.05) is 35.9 Å². The molecule has 1 saturated carbocycles. The molecule has 1 aliphatic carbocycles. The molecule has 24 heavy (non-hydrogen) atoms. The Hall–Kier alpha value is -2.33. The largest absolute Gasteiger partial charge is 0.306 e. The van der Waals surface area contributed by atoms with Crippen LogP contribution in [0.25, 0.3) is 0 Å². The van der Waals surface area contributed by atoms with Crippen LogP contribution in [0.1, 0.15) is 18.4 Å². The van der Waals surface area contributed by atoms with Crippen molar-refractivity contribution in [3.8, 4) is 0 Å². The summed E-state index contributed by atoms with van der Waals surface area (Å²) < 4.78 is 0. The summed E-state index contributed by atoms with van der Waals surface area (Å²) in [7, 11) is 0. The minimum absolute atomic E-state index is 0.000608. The van der Waals surface area contributed by atoms with Crippen LogP contribution in [0.15, 0.2) is 48.5 Å². The summed E-state index contributed by atoms with van der Waals surface area (Å²) in [6.07, 6.45) is 2.33. The standard InChI is InChI=1S/C19H17ClN2O2/c20-14-7-5-13(6-8-14)11-18(23)21-12-19(24)22(15-9-10-15)17-4-2-1-3-16(17)21/h1-8,15H,9-12H2. The van der Waals surface area contributed by atoms with Crippen molar-refractivity contribution < 1.29 is 9.59 Å². The van der Waals surface area contributed by atoms with Gasteiger partial charge in [0, 0.05) is 11.1 Å². The fourth-order valence-corrected chi connectivity index (χ4v) is 3.28. The van der Waals surface area contributed by atoms with Gasteiger partial charge in [0.2, 0.25) is 11.8 Å². The van der Waals surface area contributed by atoms with Crippen molar-refractivity contribution in [2.45, 2.75) is 25.3 Å². The van der Waals surface area contributed by atoms with Crippen molar-refractivity contribution in [3.05, 3.63) is 59.1 Å². The van der Waals surface area contributed by atoms with E-state index >= 15 is 0 Å². The molecule has 0 aromatic heterocycles. The third kappa shape index (κ3) is 2.78. The Morgan fingerprint density at radius 3 is 2.38 bits per heavy atom. The van der Waals surface area contributed by atoms with E-state index in [9.17, 15) is 9.59 Å². The van der Waals surface area contributed by atoms with Crippen LogP contribution in [-0.2, 0) is 16.0 Å². The Morgan fingerprint density at radius 1 is 1.04 bits per heavy atom. The van der Waals surface area contributed by atoms with Gasteiger partial charge in [0.15, 0.2) is 0 Å². The van der Waals surface area contributed by atoms with Gasteiger partial charge in [-0.3, -0.25) is 9.59 Å². The zero-order valence-corrected chi connectivity index (χ0v) is 13.9. The number of hydrogen-bond acceptors (Lipinski definition) is 2. The van der Waals surface area contributed by atoms with Gasteiger partial charge in [-0.15, -0.1) is 0 Å². The number of anilines is 2. The van der Waals surface area contributed by atoms with Gasteiger partial charge in [0.05, 0.1) is 17.8 Å². The average Bonchev–Trinajstić information content (AvgIpc) is 3.41. The Balaban J connectivity index is 1.62. The highest BCUT2D eigenvalue weighted by molar-refractivity contribution is 6.30. The third-order valence-corrected chi connectivity index (χ3v) is 4.73. The number of rotatable bonds is 3. The summed E-state index contributed by atoms with van der Waals surface area (Å²) in [5.74, 6) is -0.0748. The average molecular weight is 341 g/mol. The van der Waals surface area contributed by atoms with E-state index in [2.05, 4.69) is 0 Å². The first-order valence-corrected chi connectivity index (χ1v) is 8.47. The van der Waals surface area contributed by atoms with Gasteiger partial charge in [0.25, 0.3) is 0 Å². The zero-order chi connectivity index (χ0) is 16.7. The smallest absolute Gasteiger partial charge is 0.247 e. The first-order chi connectivity index (χ1) is 11.6. The normalized spacial score (nSPS) is 17.0. The van der Waals surface area contributed by atoms with Crippen molar-refractivity contribution >= 4 is 34.8 Å². The van der Waals surface area contributed by atoms with Crippen LogP contribution in [0.4, 0.5) is 11.4 Å². The Morgan fingerprint density at radius 2 is 1.71 bits per heavy atom. The Labute approximate surface area is 145 Å². The van der Waals surface area contributed by atoms with E-state index in [0.29, 0.717) is 11.1 Å². The summed E-state index contributed by atoms with van der Waals surface area (Å²) in [5.41, 5.74) is 2.56. The second-order valence-electron chi connectivity index (χ2n) is 6.27. The summed E-state index contributed by atoms with van der Waals surface area (Å²) in [6.45, 7) is 0.111. The molecule has 0 bridgehead atoms. The molecule has 122 valence electrons. The minimum atomic E-state index is -0.0754. The molecule has 4 rings (SSSR count). The molecule has 5 heteroatoms. The van der Waals surface area contributed by atoms with Gasteiger partial charge in [-0.05, 0) is 42.7 Å². The van der Waals surface area contributed by atoms with E-state index in [-0.39, 0.29) is 24.8 Å². The van der Waals surface area contributed by atoms with Crippen LogP contribution in [0, 0.1) is 0 Å². The highest BCUT2D eigenvalue weighted by Crippen LogP contribution is 2.40. The lowest BCUT2D eigenvalue weighted by Gasteiger charge is -2.36. The van der Waals surface area contributed by atoms with Crippen LogP contribution in [0.2, 0.25) is 5.02 Å². The topological polar surface area (TPSA) is 40.6 Å². The number of amides is 2. The molecule has 4 nitrogen and oxygen atoms in total. The van der Waals surface area contributed by atoms with Gasteiger partial charge in [-0.2, -0.15) is 0 Å². The fourth-order valence-electron chi connectivity index (χ4n) is 3.15. The maximum Gasteiger partial charge on any atom is 0.247 e. The molecule has 2 amide bonds. The van der Waals surface area contributed by atoms with Crippen LogP contribution in [0.5, 0.6) is 0 Å². The first kappa shape index (κ1) is 15.2. The van der Waals surface area contributed by atoms with Crippen LogP contribution in [0.3, 0.4) is 0 Å². The van der Waals surface area contributed by atoms with Gasteiger partial charge < -0.3 is 9.80 Å². The molecule has 0 N–H and O–H groups in total. The number of halogens is 1. The molecule has 0 saturated heterocycles. The second kappa shape index (κ2) is 5.95. The highest BCUT2D eigenvalue weighted by atomic mass is 35.5. The first-order valence-electron chi connectivity index (χ1n) is 8.09. The summed E-state index contributed by atoms with van der Waals surface area (Å²) in [5, 5.41) is 0.643. The monoisotopic (exact) mass is 340 g/mol. The van der Waals surface area contributed by atoms with Crippen LogP contribution >= 0.6 is 11.6 Å².